The quantitative estimate of drug-likeness (QED) is 0.710. The van der Waals surface area contributed by atoms with Gasteiger partial charge in [-0.25, -0.2) is 0 Å². The Morgan fingerprint density at radius 2 is 1.06 bits per heavy atom. The van der Waals surface area contributed by atoms with E-state index in [0.717, 1.165) is 0 Å². The van der Waals surface area contributed by atoms with E-state index in [1.165, 1.54) is 10.4 Å². The molecule has 0 aliphatic carbocycles. The van der Waals surface area contributed by atoms with Crippen LogP contribution < -0.4 is 10.4 Å². The highest BCUT2D eigenvalue weighted by molar-refractivity contribution is 6.82. The minimum Gasteiger partial charge on any atom is -0.325 e. The minimum atomic E-state index is -1.19. The predicted octanol–water partition coefficient (Wildman–Crippen LogP) is 1.09. The van der Waals surface area contributed by atoms with Crippen LogP contribution >= 0.6 is 0 Å². The van der Waals surface area contributed by atoms with Crippen LogP contribution in [0.5, 0.6) is 0 Å². The zero-order valence-corrected chi connectivity index (χ0v) is 11.0. The maximum absolute atomic E-state index is 2.38. The monoisotopic (exact) mass is 227 g/mol. The van der Waals surface area contributed by atoms with Crippen molar-refractivity contribution in [2.45, 2.75) is 0 Å². The van der Waals surface area contributed by atoms with E-state index in [1.54, 1.807) is 0 Å². The average Bonchev–Trinajstić information content (AvgIpc) is 2.31. The Morgan fingerprint density at radius 1 is 0.688 bits per heavy atom. The van der Waals surface area contributed by atoms with Crippen LogP contribution in [0.3, 0.4) is 0 Å². The number of hydrogen-bond donors (Lipinski definition) is 0. The zero-order chi connectivity index (χ0) is 11.4. The first-order valence-electron chi connectivity index (χ1n) is 5.55. The third-order valence-electron chi connectivity index (χ3n) is 2.75. The van der Waals surface area contributed by atoms with Crippen LogP contribution in [0.1, 0.15) is 0 Å². The van der Waals surface area contributed by atoms with Gasteiger partial charge in [0.1, 0.15) is 0 Å². The van der Waals surface area contributed by atoms with E-state index in [9.17, 15) is 0 Å². The Morgan fingerprint density at radius 3 is 1.38 bits per heavy atom. The van der Waals surface area contributed by atoms with Crippen molar-refractivity contribution in [3.63, 3.8) is 0 Å². The summed E-state index contributed by atoms with van der Waals surface area (Å²) in [5, 5.41) is 2.94. The van der Waals surface area contributed by atoms with E-state index in [2.05, 4.69) is 79.3 Å². The van der Waals surface area contributed by atoms with Crippen molar-refractivity contribution in [2.24, 2.45) is 0 Å². The minimum absolute atomic E-state index is 1.19. The van der Waals surface area contributed by atoms with Crippen LogP contribution in [0, 0.1) is 0 Å². The highest BCUT2D eigenvalue weighted by atomic mass is 28.3. The van der Waals surface area contributed by atoms with Crippen molar-refractivity contribution in [1.82, 2.24) is 4.57 Å². The number of rotatable bonds is 3. The van der Waals surface area contributed by atoms with E-state index in [4.69, 9.17) is 0 Å². The Labute approximate surface area is 99.0 Å². The predicted molar refractivity (Wildman–Crippen MR) is 73.0 cm³/mol. The lowest BCUT2D eigenvalue weighted by Crippen LogP contribution is -2.53. The van der Waals surface area contributed by atoms with Crippen molar-refractivity contribution < 1.29 is 0 Å². The fourth-order valence-corrected chi connectivity index (χ4v) is 4.81. The molecule has 0 N–H and O–H groups in total. The molecule has 2 aromatic rings. The Balaban J connectivity index is 2.40. The molecule has 0 saturated carbocycles. The average molecular weight is 227 g/mol. The van der Waals surface area contributed by atoms with Gasteiger partial charge in [0.15, 0.2) is 8.96 Å². The van der Waals surface area contributed by atoms with Crippen LogP contribution in [-0.4, -0.2) is 27.6 Å². The van der Waals surface area contributed by atoms with Gasteiger partial charge < -0.3 is 4.57 Å². The third kappa shape index (κ3) is 2.40. The van der Waals surface area contributed by atoms with E-state index < -0.39 is 8.96 Å². The lowest BCUT2D eigenvalue weighted by molar-refractivity contribution is 0.658. The van der Waals surface area contributed by atoms with Gasteiger partial charge >= 0.3 is 0 Å². The van der Waals surface area contributed by atoms with E-state index in [1.807, 2.05) is 0 Å². The largest absolute Gasteiger partial charge is 0.325 e. The van der Waals surface area contributed by atoms with Crippen molar-refractivity contribution in [3.8, 4) is 0 Å². The van der Waals surface area contributed by atoms with Gasteiger partial charge in [0.25, 0.3) is 0 Å². The highest BCUT2D eigenvalue weighted by Gasteiger charge is 2.17. The molecule has 0 amide bonds. The molecule has 0 aliphatic heterocycles. The van der Waals surface area contributed by atoms with E-state index in [-0.39, 0.29) is 0 Å². The van der Waals surface area contributed by atoms with Crippen molar-refractivity contribution >= 4 is 19.3 Å². The lowest BCUT2D eigenvalue weighted by Gasteiger charge is -2.23. The molecule has 2 aromatic carbocycles. The Bertz CT molecular complexity index is 386. The van der Waals surface area contributed by atoms with Gasteiger partial charge in [-0.3, -0.25) is 0 Å². The molecule has 0 atom stereocenters. The standard InChI is InChI=1S/C14H17NSi/c1-15(2)16(13-9-5-3-6-10-13)14-11-7-4-8-12-14/h3-12,16H,1-2H3. The SMILES string of the molecule is CN(C)[SiH](c1ccccc1)c1ccccc1. The van der Waals surface area contributed by atoms with Crippen LogP contribution in [0.4, 0.5) is 0 Å². The molecule has 0 radical (unpaired) electrons. The summed E-state index contributed by atoms with van der Waals surface area (Å²) in [5.74, 6) is 0. The summed E-state index contributed by atoms with van der Waals surface area (Å²) < 4.78 is 2.38. The molecule has 2 heteroatoms. The van der Waals surface area contributed by atoms with Gasteiger partial charge in [-0.05, 0) is 24.5 Å². The first-order valence-corrected chi connectivity index (χ1v) is 7.22. The molecule has 82 valence electrons. The maximum atomic E-state index is 2.38. The van der Waals surface area contributed by atoms with Crippen LogP contribution in [0.25, 0.3) is 0 Å². The van der Waals surface area contributed by atoms with Gasteiger partial charge in [0.2, 0.25) is 0 Å². The maximum Gasteiger partial charge on any atom is 0.175 e. The van der Waals surface area contributed by atoms with Crippen LogP contribution in [0.2, 0.25) is 0 Å². The molecule has 0 unspecified atom stereocenters. The molecule has 0 aromatic heterocycles. The van der Waals surface area contributed by atoms with Gasteiger partial charge in [0.05, 0.1) is 0 Å². The Hall–Kier alpha value is -1.38. The number of hydrogen-bond acceptors (Lipinski definition) is 1. The van der Waals surface area contributed by atoms with E-state index >= 15 is 0 Å². The summed E-state index contributed by atoms with van der Waals surface area (Å²) >= 11 is 0. The lowest BCUT2D eigenvalue weighted by atomic mass is 10.4. The summed E-state index contributed by atoms with van der Waals surface area (Å²) in [5.41, 5.74) is 0. The highest BCUT2D eigenvalue weighted by Crippen LogP contribution is 1.94. The van der Waals surface area contributed by atoms with Crippen molar-refractivity contribution in [2.75, 3.05) is 14.1 Å². The van der Waals surface area contributed by atoms with Crippen LogP contribution in [0.15, 0.2) is 60.7 Å². The normalized spacial score (nSPS) is 11.0. The van der Waals surface area contributed by atoms with E-state index in [0.29, 0.717) is 0 Å². The summed E-state index contributed by atoms with van der Waals surface area (Å²) in [6, 6.07) is 21.6. The summed E-state index contributed by atoms with van der Waals surface area (Å²) in [7, 11) is 3.16. The molecule has 0 heterocycles. The third-order valence-corrected chi connectivity index (χ3v) is 5.81. The summed E-state index contributed by atoms with van der Waals surface area (Å²) in [4.78, 5) is 0. The fourth-order valence-electron chi connectivity index (χ4n) is 2.06. The van der Waals surface area contributed by atoms with Crippen molar-refractivity contribution in [3.05, 3.63) is 60.7 Å². The molecule has 0 bridgehead atoms. The second-order valence-electron chi connectivity index (χ2n) is 4.19. The molecule has 0 fully saturated rings. The van der Waals surface area contributed by atoms with Gasteiger partial charge in [-0.2, -0.15) is 0 Å². The second kappa shape index (κ2) is 5.10. The summed E-state index contributed by atoms with van der Waals surface area (Å²) in [6.07, 6.45) is 0. The molecule has 2 rings (SSSR count). The molecular formula is C14H17NSi. The van der Waals surface area contributed by atoms with Crippen LogP contribution in [-0.2, 0) is 0 Å². The van der Waals surface area contributed by atoms with Gasteiger partial charge in [0, 0.05) is 0 Å². The topological polar surface area (TPSA) is 3.24 Å². The molecule has 0 saturated heterocycles. The fraction of sp³-hybridized carbons (Fsp3) is 0.143. The number of nitrogens with zero attached hydrogens (tertiary/aromatic N) is 1. The first-order chi connectivity index (χ1) is 7.79. The molecular weight excluding hydrogens is 210 g/mol. The molecule has 16 heavy (non-hydrogen) atoms. The molecule has 0 aliphatic rings. The number of benzene rings is 2. The smallest absolute Gasteiger partial charge is 0.175 e. The Kier molecular flexibility index (Phi) is 3.54. The zero-order valence-electron chi connectivity index (χ0n) is 9.80. The van der Waals surface area contributed by atoms with Gasteiger partial charge in [-0.1, -0.05) is 60.7 Å². The molecule has 1 nitrogen and oxygen atoms in total. The first kappa shape index (κ1) is 11.1. The second-order valence-corrected chi connectivity index (χ2v) is 7.36. The van der Waals surface area contributed by atoms with Gasteiger partial charge in [-0.15, -0.1) is 0 Å². The van der Waals surface area contributed by atoms with Crippen molar-refractivity contribution in [1.29, 1.82) is 0 Å². The summed E-state index contributed by atoms with van der Waals surface area (Å²) in [6.45, 7) is 0. The molecule has 0 spiro atoms.